The van der Waals surface area contributed by atoms with Crippen LogP contribution in [-0.4, -0.2) is 65.9 Å². The smallest absolute Gasteiger partial charge is 0.233 e. The SMILES string of the molecule is CC(Sc1ccccc1Cl)C(=O)NCC1(N2CCOCC2)CCSC1. The molecule has 1 aromatic rings. The first kappa shape index (κ1) is 19.4. The Labute approximate surface area is 163 Å². The number of benzene rings is 1. The number of halogens is 1. The molecule has 25 heavy (non-hydrogen) atoms. The van der Waals surface area contributed by atoms with Crippen molar-refractivity contribution >= 4 is 41.0 Å². The maximum Gasteiger partial charge on any atom is 0.233 e. The molecular formula is C18H25ClN2O2S2. The molecule has 7 heteroatoms. The van der Waals surface area contributed by atoms with Gasteiger partial charge in [-0.25, -0.2) is 0 Å². The lowest BCUT2D eigenvalue weighted by Crippen LogP contribution is -2.59. The van der Waals surface area contributed by atoms with E-state index in [0.29, 0.717) is 11.6 Å². The van der Waals surface area contributed by atoms with Crippen LogP contribution in [0.3, 0.4) is 0 Å². The topological polar surface area (TPSA) is 41.6 Å². The maximum atomic E-state index is 12.6. The lowest BCUT2D eigenvalue weighted by molar-refractivity contribution is -0.121. The second-order valence-corrected chi connectivity index (χ2v) is 9.43. The van der Waals surface area contributed by atoms with Gasteiger partial charge in [0.25, 0.3) is 0 Å². The Bertz CT molecular complexity index is 590. The van der Waals surface area contributed by atoms with E-state index in [1.165, 1.54) is 11.8 Å². The van der Waals surface area contributed by atoms with E-state index in [9.17, 15) is 4.79 Å². The van der Waals surface area contributed by atoms with E-state index in [4.69, 9.17) is 16.3 Å². The highest BCUT2D eigenvalue weighted by Gasteiger charge is 2.41. The molecule has 0 aromatic heterocycles. The molecule has 138 valence electrons. The molecule has 2 unspecified atom stereocenters. The molecule has 0 spiro atoms. The summed E-state index contributed by atoms with van der Waals surface area (Å²) in [6.07, 6.45) is 1.13. The van der Waals surface area contributed by atoms with Gasteiger partial charge in [0.1, 0.15) is 0 Å². The number of amides is 1. The zero-order valence-corrected chi connectivity index (χ0v) is 16.9. The van der Waals surface area contributed by atoms with Crippen LogP contribution in [0, 0.1) is 0 Å². The van der Waals surface area contributed by atoms with Crippen LogP contribution in [0.25, 0.3) is 0 Å². The lowest BCUT2D eigenvalue weighted by atomic mass is 9.95. The normalized spacial score (nSPS) is 25.7. The third kappa shape index (κ3) is 4.86. The molecular weight excluding hydrogens is 376 g/mol. The first-order valence-electron chi connectivity index (χ1n) is 8.70. The molecule has 0 radical (unpaired) electrons. The van der Waals surface area contributed by atoms with Gasteiger partial charge in [-0.1, -0.05) is 23.7 Å². The number of rotatable bonds is 6. The predicted octanol–water partition coefficient (Wildman–Crippen LogP) is 3.14. The quantitative estimate of drug-likeness (QED) is 0.743. The van der Waals surface area contributed by atoms with Gasteiger partial charge in [-0.15, -0.1) is 11.8 Å². The summed E-state index contributed by atoms with van der Waals surface area (Å²) < 4.78 is 5.49. The van der Waals surface area contributed by atoms with E-state index in [-0.39, 0.29) is 16.7 Å². The zero-order valence-electron chi connectivity index (χ0n) is 14.5. The van der Waals surface area contributed by atoms with Gasteiger partial charge in [-0.2, -0.15) is 11.8 Å². The number of ether oxygens (including phenoxy) is 1. The molecule has 2 heterocycles. The average molecular weight is 401 g/mol. The second-order valence-electron chi connectivity index (χ2n) is 6.53. The van der Waals surface area contributed by atoms with Crippen molar-refractivity contribution < 1.29 is 9.53 Å². The number of hydrogen-bond acceptors (Lipinski definition) is 5. The molecule has 1 amide bonds. The summed E-state index contributed by atoms with van der Waals surface area (Å²) in [7, 11) is 0. The van der Waals surface area contributed by atoms with Gasteiger partial charge in [0.05, 0.1) is 23.5 Å². The van der Waals surface area contributed by atoms with Crippen molar-refractivity contribution in [3.8, 4) is 0 Å². The minimum Gasteiger partial charge on any atom is -0.379 e. The summed E-state index contributed by atoms with van der Waals surface area (Å²) in [6.45, 7) is 6.15. The van der Waals surface area contributed by atoms with Crippen LogP contribution in [0.1, 0.15) is 13.3 Å². The third-order valence-electron chi connectivity index (χ3n) is 4.87. The second kappa shape index (κ2) is 9.00. The number of nitrogens with zero attached hydrogens (tertiary/aromatic N) is 1. The summed E-state index contributed by atoms with van der Waals surface area (Å²) in [4.78, 5) is 16.1. The standard InChI is InChI=1S/C18H25ClN2O2S2/c1-14(25-16-5-3-2-4-15(16)19)17(22)20-12-18(6-11-24-13-18)21-7-9-23-10-8-21/h2-5,14H,6-13H2,1H3,(H,20,22). The molecule has 2 aliphatic heterocycles. The van der Waals surface area contributed by atoms with E-state index in [1.807, 2.05) is 43.0 Å². The van der Waals surface area contributed by atoms with Gasteiger partial charge in [-0.05, 0) is 31.2 Å². The van der Waals surface area contributed by atoms with Gasteiger partial charge in [0.2, 0.25) is 5.91 Å². The summed E-state index contributed by atoms with van der Waals surface area (Å²) in [5.41, 5.74) is 0.0822. The summed E-state index contributed by atoms with van der Waals surface area (Å²) in [5, 5.41) is 3.73. The van der Waals surface area contributed by atoms with Gasteiger partial charge < -0.3 is 10.1 Å². The fraction of sp³-hybridized carbons (Fsp3) is 0.611. The Hall–Kier alpha value is -0.400. The fourth-order valence-corrected chi connectivity index (χ4v) is 5.97. The van der Waals surface area contributed by atoms with Gasteiger partial charge in [0, 0.05) is 35.8 Å². The van der Waals surface area contributed by atoms with Crippen molar-refractivity contribution in [1.82, 2.24) is 10.2 Å². The van der Waals surface area contributed by atoms with Gasteiger partial charge >= 0.3 is 0 Å². The molecule has 4 nitrogen and oxygen atoms in total. The number of thioether (sulfide) groups is 2. The first-order chi connectivity index (χ1) is 12.1. The van der Waals surface area contributed by atoms with Crippen molar-refractivity contribution in [3.05, 3.63) is 29.3 Å². The zero-order chi connectivity index (χ0) is 17.7. The summed E-state index contributed by atoms with van der Waals surface area (Å²) in [5.74, 6) is 2.32. The Morgan fingerprint density at radius 1 is 1.44 bits per heavy atom. The third-order valence-corrected chi connectivity index (χ3v) is 7.72. The van der Waals surface area contributed by atoms with Crippen LogP contribution in [-0.2, 0) is 9.53 Å². The molecule has 3 rings (SSSR count). The minimum absolute atomic E-state index is 0.0782. The van der Waals surface area contributed by atoms with Crippen LogP contribution < -0.4 is 5.32 Å². The molecule has 0 bridgehead atoms. The van der Waals surface area contributed by atoms with Crippen LogP contribution in [0.2, 0.25) is 5.02 Å². The van der Waals surface area contributed by atoms with E-state index in [0.717, 1.165) is 49.1 Å². The highest BCUT2D eigenvalue weighted by Crippen LogP contribution is 2.34. The van der Waals surface area contributed by atoms with E-state index in [1.54, 1.807) is 0 Å². The van der Waals surface area contributed by atoms with Crippen LogP contribution in [0.15, 0.2) is 29.2 Å². The van der Waals surface area contributed by atoms with Gasteiger partial charge in [0.15, 0.2) is 0 Å². The fourth-order valence-electron chi connectivity index (χ4n) is 3.31. The van der Waals surface area contributed by atoms with Crippen LogP contribution >= 0.6 is 35.1 Å². The van der Waals surface area contributed by atoms with Crippen molar-refractivity contribution in [3.63, 3.8) is 0 Å². The van der Waals surface area contributed by atoms with Crippen LogP contribution in [0.4, 0.5) is 0 Å². The Morgan fingerprint density at radius 3 is 2.88 bits per heavy atom. The molecule has 2 fully saturated rings. The molecule has 1 N–H and O–H groups in total. The number of carbonyl (C=O) groups excluding carboxylic acids is 1. The number of morpholine rings is 1. The number of hydrogen-bond donors (Lipinski definition) is 1. The van der Waals surface area contributed by atoms with Crippen molar-refractivity contribution in [2.45, 2.75) is 29.0 Å². The monoisotopic (exact) mass is 400 g/mol. The molecule has 1 aromatic carbocycles. The summed E-state index contributed by atoms with van der Waals surface area (Å²) in [6, 6.07) is 7.67. The van der Waals surface area contributed by atoms with Crippen molar-refractivity contribution in [2.75, 3.05) is 44.4 Å². The average Bonchev–Trinajstić information content (AvgIpc) is 3.12. The molecule has 2 aliphatic rings. The molecule has 0 saturated carbocycles. The Balaban J connectivity index is 1.57. The van der Waals surface area contributed by atoms with Gasteiger partial charge in [-0.3, -0.25) is 9.69 Å². The Morgan fingerprint density at radius 2 is 2.20 bits per heavy atom. The van der Waals surface area contributed by atoms with Crippen molar-refractivity contribution in [2.24, 2.45) is 0 Å². The first-order valence-corrected chi connectivity index (χ1v) is 11.1. The summed E-state index contributed by atoms with van der Waals surface area (Å²) >= 11 is 9.70. The molecule has 2 saturated heterocycles. The lowest BCUT2D eigenvalue weighted by Gasteiger charge is -2.43. The maximum absolute atomic E-state index is 12.6. The Kier molecular flexibility index (Phi) is 6.97. The van der Waals surface area contributed by atoms with E-state index >= 15 is 0 Å². The molecule has 2 atom stereocenters. The highest BCUT2D eigenvalue weighted by molar-refractivity contribution is 8.00. The van der Waals surface area contributed by atoms with E-state index in [2.05, 4.69) is 10.2 Å². The highest BCUT2D eigenvalue weighted by atomic mass is 35.5. The molecule has 0 aliphatic carbocycles. The largest absolute Gasteiger partial charge is 0.379 e. The number of nitrogens with one attached hydrogen (secondary N) is 1. The predicted molar refractivity (Wildman–Crippen MR) is 107 cm³/mol. The van der Waals surface area contributed by atoms with Crippen LogP contribution in [0.5, 0.6) is 0 Å². The van der Waals surface area contributed by atoms with Crippen molar-refractivity contribution in [1.29, 1.82) is 0 Å². The number of carbonyl (C=O) groups is 1. The van der Waals surface area contributed by atoms with E-state index < -0.39 is 0 Å². The minimum atomic E-state index is -0.171.